The molecule has 0 saturated carbocycles. The fourth-order valence-corrected chi connectivity index (χ4v) is 9.01. The molecule has 2 atom stereocenters. The fourth-order valence-electron chi connectivity index (χ4n) is 9.01. The largest absolute Gasteiger partial charge is 0.0991 e. The molecular formula is C54H50. The van der Waals surface area contributed by atoms with Crippen LogP contribution in [-0.4, -0.2) is 0 Å². The monoisotopic (exact) mass is 698 g/mol. The number of allylic oxidation sites excluding steroid dienone is 9. The van der Waals surface area contributed by atoms with E-state index >= 15 is 0 Å². The molecule has 0 nitrogen and oxygen atoms in total. The Labute approximate surface area is 323 Å². The number of fused-ring (bicyclic) bond motifs is 5. The van der Waals surface area contributed by atoms with E-state index in [1.54, 1.807) is 6.08 Å². The molecule has 0 amide bonds. The second kappa shape index (κ2) is 15.9. The molecule has 0 aliphatic heterocycles. The van der Waals surface area contributed by atoms with Crippen LogP contribution in [-0.2, 0) is 17.3 Å². The average Bonchev–Trinajstić information content (AvgIpc) is 3.89. The zero-order valence-corrected chi connectivity index (χ0v) is 32.1. The van der Waals surface area contributed by atoms with Gasteiger partial charge in [-0.05, 0) is 93.5 Å². The highest BCUT2D eigenvalue weighted by molar-refractivity contribution is 5.91. The Hall–Kier alpha value is -5.98. The lowest BCUT2D eigenvalue weighted by Gasteiger charge is -2.50. The third-order valence-electron chi connectivity index (χ3n) is 11.2. The van der Waals surface area contributed by atoms with Gasteiger partial charge >= 0.3 is 0 Å². The van der Waals surface area contributed by atoms with Gasteiger partial charge in [-0.3, -0.25) is 0 Å². The molecule has 54 heavy (non-hydrogen) atoms. The molecule has 0 radical (unpaired) electrons. The van der Waals surface area contributed by atoms with Crippen molar-refractivity contribution in [3.8, 4) is 11.1 Å². The van der Waals surface area contributed by atoms with Gasteiger partial charge in [0.1, 0.15) is 0 Å². The molecule has 0 heterocycles. The van der Waals surface area contributed by atoms with Crippen molar-refractivity contribution in [1.82, 2.24) is 0 Å². The van der Waals surface area contributed by atoms with Crippen molar-refractivity contribution in [3.63, 3.8) is 0 Å². The molecule has 3 aliphatic rings. The molecule has 0 heteroatoms. The maximum Gasteiger partial charge on any atom is 0.0720 e. The SMILES string of the molecule is C1=CCC(C2(c3cccc(Cc4ccccc4)c3)c3ccccc3C3(c4ccccc4)c4ccccc4-c4cccc2c43)=C1.C=C/C=C\C(C)=C/C.CC. The summed E-state index contributed by atoms with van der Waals surface area (Å²) >= 11 is 0. The lowest BCUT2D eigenvalue weighted by Crippen LogP contribution is -2.44. The second-order valence-electron chi connectivity index (χ2n) is 14.0. The molecule has 0 aromatic heterocycles. The van der Waals surface area contributed by atoms with Gasteiger partial charge in [0.05, 0.1) is 10.8 Å². The van der Waals surface area contributed by atoms with Gasteiger partial charge in [-0.1, -0.05) is 220 Å². The van der Waals surface area contributed by atoms with Gasteiger partial charge in [-0.15, -0.1) is 0 Å². The van der Waals surface area contributed by atoms with Crippen molar-refractivity contribution in [2.24, 2.45) is 0 Å². The van der Waals surface area contributed by atoms with Crippen LogP contribution < -0.4 is 0 Å². The second-order valence-corrected chi connectivity index (χ2v) is 14.0. The lowest BCUT2D eigenvalue weighted by atomic mass is 9.51. The summed E-state index contributed by atoms with van der Waals surface area (Å²) in [6.45, 7) is 11.6. The Morgan fingerprint density at radius 1 is 0.611 bits per heavy atom. The summed E-state index contributed by atoms with van der Waals surface area (Å²) in [5.41, 5.74) is 16.9. The number of hydrogen-bond donors (Lipinski definition) is 0. The first-order valence-electron chi connectivity index (χ1n) is 19.4. The molecule has 3 aliphatic carbocycles. The van der Waals surface area contributed by atoms with Crippen LogP contribution in [0.25, 0.3) is 11.1 Å². The number of rotatable bonds is 7. The van der Waals surface area contributed by atoms with Crippen LogP contribution in [0.4, 0.5) is 0 Å². The summed E-state index contributed by atoms with van der Waals surface area (Å²) in [6, 6.07) is 57.0. The minimum absolute atomic E-state index is 0.391. The van der Waals surface area contributed by atoms with Crippen molar-refractivity contribution in [3.05, 3.63) is 262 Å². The van der Waals surface area contributed by atoms with Gasteiger partial charge < -0.3 is 0 Å². The van der Waals surface area contributed by atoms with Crippen LogP contribution in [0.15, 0.2) is 212 Å². The molecule has 6 aromatic rings. The Morgan fingerprint density at radius 2 is 1.19 bits per heavy atom. The van der Waals surface area contributed by atoms with Crippen LogP contribution in [0.1, 0.15) is 84.2 Å². The van der Waals surface area contributed by atoms with Crippen LogP contribution in [0.3, 0.4) is 0 Å². The van der Waals surface area contributed by atoms with Crippen molar-refractivity contribution in [2.45, 2.75) is 51.4 Å². The van der Waals surface area contributed by atoms with Gasteiger partial charge in [0.25, 0.3) is 0 Å². The van der Waals surface area contributed by atoms with E-state index in [1.165, 1.54) is 72.3 Å². The van der Waals surface area contributed by atoms with E-state index in [-0.39, 0.29) is 0 Å². The van der Waals surface area contributed by atoms with E-state index in [9.17, 15) is 0 Å². The quantitative estimate of drug-likeness (QED) is 0.145. The minimum atomic E-state index is -0.418. The maximum absolute atomic E-state index is 3.55. The average molecular weight is 699 g/mol. The maximum atomic E-state index is 3.55. The van der Waals surface area contributed by atoms with Gasteiger partial charge in [0.15, 0.2) is 0 Å². The molecule has 2 unspecified atom stereocenters. The summed E-state index contributed by atoms with van der Waals surface area (Å²) in [6.07, 6.45) is 16.6. The molecule has 0 saturated heterocycles. The highest BCUT2D eigenvalue weighted by Gasteiger charge is 2.57. The van der Waals surface area contributed by atoms with Crippen molar-refractivity contribution >= 4 is 0 Å². The Bertz CT molecular complexity index is 2380. The topological polar surface area (TPSA) is 0 Å². The van der Waals surface area contributed by atoms with Gasteiger partial charge in [0, 0.05) is 0 Å². The summed E-state index contributed by atoms with van der Waals surface area (Å²) < 4.78 is 0. The molecule has 266 valence electrons. The molecule has 0 spiro atoms. The Balaban J connectivity index is 0.000000403. The van der Waals surface area contributed by atoms with Gasteiger partial charge in [-0.25, -0.2) is 0 Å². The van der Waals surface area contributed by atoms with E-state index in [2.05, 4.69) is 189 Å². The van der Waals surface area contributed by atoms with Crippen LogP contribution in [0.5, 0.6) is 0 Å². The standard InChI is InChI=1S/C44H32.C8H12.C2H6/c1-3-15-31(16-4-1)29-32-17-13-22-35(30-32)43(33-20-7-8-21-33)39-26-11-12-27-40(39)44(34-18-5-2-6-19-34)38-25-10-9-23-36(38)37-24-14-28-41(43)42(37)44;1-4-6-7-8(3)5-2;1-2/h1-20,22-28,30H,21,29H2;4-7H,1H2,2-3H3;1-2H3/b;7-6-,8-5-;. The third kappa shape index (κ3) is 5.97. The number of hydrogen-bond acceptors (Lipinski definition) is 0. The zero-order chi connectivity index (χ0) is 37.5. The zero-order valence-electron chi connectivity index (χ0n) is 32.1. The van der Waals surface area contributed by atoms with Gasteiger partial charge in [0.2, 0.25) is 0 Å². The van der Waals surface area contributed by atoms with E-state index in [0.29, 0.717) is 0 Å². The summed E-state index contributed by atoms with van der Waals surface area (Å²) in [5.74, 6) is 0. The predicted molar refractivity (Wildman–Crippen MR) is 231 cm³/mol. The van der Waals surface area contributed by atoms with Crippen molar-refractivity contribution < 1.29 is 0 Å². The minimum Gasteiger partial charge on any atom is -0.0991 e. The van der Waals surface area contributed by atoms with Crippen LogP contribution in [0.2, 0.25) is 0 Å². The van der Waals surface area contributed by atoms with Crippen LogP contribution in [0, 0.1) is 0 Å². The highest BCUT2D eigenvalue weighted by atomic mass is 14.6. The Morgan fingerprint density at radius 3 is 1.87 bits per heavy atom. The third-order valence-corrected chi connectivity index (χ3v) is 11.2. The molecule has 6 aromatic carbocycles. The van der Waals surface area contributed by atoms with E-state index in [4.69, 9.17) is 0 Å². The summed E-state index contributed by atoms with van der Waals surface area (Å²) in [5, 5.41) is 0. The molecular weight excluding hydrogens is 649 g/mol. The first-order valence-corrected chi connectivity index (χ1v) is 19.4. The van der Waals surface area contributed by atoms with Crippen molar-refractivity contribution in [1.29, 1.82) is 0 Å². The van der Waals surface area contributed by atoms with Crippen LogP contribution >= 0.6 is 0 Å². The normalized spacial score (nSPS) is 18.7. The predicted octanol–water partition coefficient (Wildman–Crippen LogP) is 13.9. The smallest absolute Gasteiger partial charge is 0.0720 e. The van der Waals surface area contributed by atoms with E-state index in [0.717, 1.165) is 12.8 Å². The first kappa shape index (κ1) is 36.4. The molecule has 0 N–H and O–H groups in total. The molecule has 0 fully saturated rings. The molecule has 0 bridgehead atoms. The molecule has 9 rings (SSSR count). The van der Waals surface area contributed by atoms with E-state index in [1.807, 2.05) is 32.9 Å². The van der Waals surface area contributed by atoms with E-state index < -0.39 is 10.8 Å². The highest BCUT2D eigenvalue weighted by Crippen LogP contribution is 2.66. The van der Waals surface area contributed by atoms with Crippen molar-refractivity contribution in [2.75, 3.05) is 0 Å². The van der Waals surface area contributed by atoms with Gasteiger partial charge in [-0.2, -0.15) is 0 Å². The number of benzene rings is 6. The fraction of sp³-hybridized carbons (Fsp3) is 0.148. The lowest BCUT2D eigenvalue weighted by molar-refractivity contribution is 0.611. The first-order chi connectivity index (χ1) is 26.6. The summed E-state index contributed by atoms with van der Waals surface area (Å²) in [7, 11) is 0. The summed E-state index contributed by atoms with van der Waals surface area (Å²) in [4.78, 5) is 0. The Kier molecular flexibility index (Phi) is 10.7.